The van der Waals surface area contributed by atoms with Crippen molar-refractivity contribution in [3.63, 3.8) is 0 Å². The number of hydrogen-bond donors (Lipinski definition) is 0. The summed E-state index contributed by atoms with van der Waals surface area (Å²) in [7, 11) is 0. The van der Waals surface area contributed by atoms with Crippen molar-refractivity contribution in [1.29, 1.82) is 0 Å². The average molecular weight is 466 g/mol. The summed E-state index contributed by atoms with van der Waals surface area (Å²) in [5.74, 6) is -0.319. The molecule has 0 aliphatic rings. The predicted molar refractivity (Wildman–Crippen MR) is 123 cm³/mol. The number of aromatic nitrogens is 4. The number of aryl methyl sites for hydroxylation is 2. The highest BCUT2D eigenvalue weighted by atomic mass is 35.5. The largest absolute Gasteiger partial charge is 0.457 e. The molecule has 4 rings (SSSR count). The van der Waals surface area contributed by atoms with E-state index in [-0.39, 0.29) is 24.7 Å². The molecule has 0 spiro atoms. The van der Waals surface area contributed by atoms with E-state index in [0.717, 1.165) is 16.8 Å². The number of hydrogen-bond acceptors (Lipinski definition) is 6. The molecule has 10 heteroatoms. The second-order valence-electron chi connectivity index (χ2n) is 7.38. The lowest BCUT2D eigenvalue weighted by atomic mass is 10.1. The van der Waals surface area contributed by atoms with Crippen LogP contribution in [-0.4, -0.2) is 36.8 Å². The maximum atomic E-state index is 12.7. The zero-order chi connectivity index (χ0) is 23.5. The van der Waals surface area contributed by atoms with Crippen LogP contribution < -0.4 is 0 Å². The summed E-state index contributed by atoms with van der Waals surface area (Å²) in [6.45, 7) is 3.68. The van der Waals surface area contributed by atoms with Crippen LogP contribution >= 0.6 is 11.6 Å². The fourth-order valence-corrected chi connectivity index (χ4v) is 3.50. The lowest BCUT2D eigenvalue weighted by molar-refractivity contribution is -0.392. The van der Waals surface area contributed by atoms with E-state index in [2.05, 4.69) is 10.1 Å². The number of imidazole rings is 1. The Kier molecular flexibility index (Phi) is 6.23. The smallest absolute Gasteiger partial charge is 0.359 e. The summed E-state index contributed by atoms with van der Waals surface area (Å²) in [5.41, 5.74) is 3.54. The number of rotatable bonds is 7. The number of esters is 1. The molecule has 0 amide bonds. The SMILES string of the molecule is Cc1ccc(-n2nc(C(=O)OCCn3c([N+](=O)[O-])cnc3C)cc2-c2ccc(Cl)cc2)cc1. The average Bonchev–Trinajstić information content (AvgIpc) is 3.39. The van der Waals surface area contributed by atoms with Gasteiger partial charge in [0.2, 0.25) is 0 Å². The van der Waals surface area contributed by atoms with Crippen LogP contribution in [0.25, 0.3) is 16.9 Å². The molecular weight excluding hydrogens is 446 g/mol. The summed E-state index contributed by atoms with van der Waals surface area (Å²) < 4.78 is 8.42. The highest BCUT2D eigenvalue weighted by Gasteiger charge is 2.20. The maximum absolute atomic E-state index is 12.7. The van der Waals surface area contributed by atoms with Crippen molar-refractivity contribution in [2.45, 2.75) is 20.4 Å². The normalized spacial score (nSPS) is 10.9. The van der Waals surface area contributed by atoms with Crippen molar-refractivity contribution in [2.24, 2.45) is 0 Å². The van der Waals surface area contributed by atoms with Gasteiger partial charge >= 0.3 is 11.8 Å². The lowest BCUT2D eigenvalue weighted by Crippen LogP contribution is -2.14. The van der Waals surface area contributed by atoms with E-state index >= 15 is 0 Å². The number of carbonyl (C=O) groups excluding carboxylic acids is 1. The molecule has 168 valence electrons. The lowest BCUT2D eigenvalue weighted by Gasteiger charge is -2.08. The Labute approximate surface area is 194 Å². The Bertz CT molecular complexity index is 1250. The van der Waals surface area contributed by atoms with Crippen LogP contribution in [-0.2, 0) is 11.3 Å². The van der Waals surface area contributed by atoms with Gasteiger partial charge in [0.05, 0.1) is 11.4 Å². The topological polar surface area (TPSA) is 105 Å². The van der Waals surface area contributed by atoms with Gasteiger partial charge in [0.1, 0.15) is 19.3 Å². The van der Waals surface area contributed by atoms with Crippen molar-refractivity contribution < 1.29 is 14.5 Å². The second-order valence-corrected chi connectivity index (χ2v) is 7.81. The molecule has 0 aliphatic carbocycles. The highest BCUT2D eigenvalue weighted by molar-refractivity contribution is 6.30. The Morgan fingerprint density at radius 1 is 1.12 bits per heavy atom. The highest BCUT2D eigenvalue weighted by Crippen LogP contribution is 2.26. The monoisotopic (exact) mass is 465 g/mol. The third-order valence-electron chi connectivity index (χ3n) is 5.11. The molecule has 0 N–H and O–H groups in total. The Hall–Kier alpha value is -3.98. The first-order valence-electron chi connectivity index (χ1n) is 10.1. The fraction of sp³-hybridized carbons (Fsp3) is 0.174. The van der Waals surface area contributed by atoms with Gasteiger partial charge in [0.15, 0.2) is 11.5 Å². The van der Waals surface area contributed by atoms with Crippen LogP contribution in [0.3, 0.4) is 0 Å². The van der Waals surface area contributed by atoms with Crippen LogP contribution in [0.15, 0.2) is 60.8 Å². The summed E-state index contributed by atoms with van der Waals surface area (Å²) in [4.78, 5) is 27.3. The molecular formula is C23H20ClN5O4. The van der Waals surface area contributed by atoms with Gasteiger partial charge in [-0.05, 0) is 42.2 Å². The summed E-state index contributed by atoms with van der Waals surface area (Å²) in [6.07, 6.45) is 1.18. The molecule has 0 fully saturated rings. The van der Waals surface area contributed by atoms with E-state index in [0.29, 0.717) is 16.5 Å². The van der Waals surface area contributed by atoms with E-state index in [1.54, 1.807) is 29.8 Å². The molecule has 0 radical (unpaired) electrons. The van der Waals surface area contributed by atoms with E-state index < -0.39 is 10.9 Å². The number of halogens is 1. The third-order valence-corrected chi connectivity index (χ3v) is 5.36. The van der Waals surface area contributed by atoms with Crippen molar-refractivity contribution in [1.82, 2.24) is 19.3 Å². The van der Waals surface area contributed by atoms with Gasteiger partial charge in [-0.25, -0.2) is 19.0 Å². The van der Waals surface area contributed by atoms with Crippen molar-refractivity contribution in [2.75, 3.05) is 6.61 Å². The third kappa shape index (κ3) is 4.78. The van der Waals surface area contributed by atoms with Crippen molar-refractivity contribution in [3.8, 4) is 16.9 Å². The van der Waals surface area contributed by atoms with Gasteiger partial charge in [0.25, 0.3) is 0 Å². The van der Waals surface area contributed by atoms with Gasteiger partial charge in [0, 0.05) is 17.5 Å². The predicted octanol–water partition coefficient (Wildman–Crippen LogP) is 4.77. The Morgan fingerprint density at radius 2 is 1.82 bits per heavy atom. The summed E-state index contributed by atoms with van der Waals surface area (Å²) in [6, 6.07) is 16.6. The van der Waals surface area contributed by atoms with E-state index in [1.807, 2.05) is 43.3 Å². The molecule has 33 heavy (non-hydrogen) atoms. The minimum atomic E-state index is -0.628. The number of ether oxygens (including phenoxy) is 1. The first-order valence-corrected chi connectivity index (χ1v) is 10.5. The molecule has 0 saturated carbocycles. The van der Waals surface area contributed by atoms with Crippen molar-refractivity contribution in [3.05, 3.63) is 93.0 Å². The molecule has 9 nitrogen and oxygen atoms in total. The fourth-order valence-electron chi connectivity index (χ4n) is 3.37. The first-order chi connectivity index (χ1) is 15.8. The number of carbonyl (C=O) groups is 1. The van der Waals surface area contributed by atoms with Crippen LogP contribution in [0.5, 0.6) is 0 Å². The Morgan fingerprint density at radius 3 is 2.48 bits per heavy atom. The van der Waals surface area contributed by atoms with Crippen LogP contribution in [0.2, 0.25) is 5.02 Å². The molecule has 0 unspecified atom stereocenters. The minimum Gasteiger partial charge on any atom is -0.457 e. The standard InChI is InChI=1S/C23H20ClN5O4/c1-15-3-9-19(10-4-15)28-21(17-5-7-18(24)8-6-17)13-20(26-28)23(30)33-12-11-27-16(2)25-14-22(27)29(31)32/h3-10,13-14H,11-12H2,1-2H3. The van der Waals surface area contributed by atoms with Gasteiger partial charge in [-0.15, -0.1) is 0 Å². The first kappa shape index (κ1) is 22.2. The summed E-state index contributed by atoms with van der Waals surface area (Å²) in [5, 5.41) is 16.2. The van der Waals surface area contributed by atoms with E-state index in [9.17, 15) is 14.9 Å². The summed E-state index contributed by atoms with van der Waals surface area (Å²) >= 11 is 6.03. The van der Waals surface area contributed by atoms with Crippen LogP contribution in [0.1, 0.15) is 21.9 Å². The Balaban J connectivity index is 1.58. The number of nitro groups is 1. The van der Waals surface area contributed by atoms with E-state index in [1.165, 1.54) is 10.8 Å². The second kappa shape index (κ2) is 9.25. The van der Waals surface area contributed by atoms with Gasteiger partial charge in [-0.1, -0.05) is 41.4 Å². The molecule has 0 aliphatic heterocycles. The van der Waals surface area contributed by atoms with Gasteiger partial charge < -0.3 is 14.9 Å². The van der Waals surface area contributed by atoms with Crippen LogP contribution in [0.4, 0.5) is 5.82 Å². The van der Waals surface area contributed by atoms with Gasteiger partial charge in [-0.2, -0.15) is 5.10 Å². The number of benzene rings is 2. The maximum Gasteiger partial charge on any atom is 0.359 e. The zero-order valence-corrected chi connectivity index (χ0v) is 18.7. The zero-order valence-electron chi connectivity index (χ0n) is 17.9. The van der Waals surface area contributed by atoms with E-state index in [4.69, 9.17) is 16.3 Å². The molecule has 2 aromatic carbocycles. The minimum absolute atomic E-state index is 0.0649. The quantitative estimate of drug-likeness (QED) is 0.221. The molecule has 0 bridgehead atoms. The van der Waals surface area contributed by atoms with Crippen LogP contribution in [0, 0.1) is 24.0 Å². The van der Waals surface area contributed by atoms with Gasteiger partial charge in [-0.3, -0.25) is 0 Å². The molecule has 0 saturated heterocycles. The molecule has 4 aromatic rings. The molecule has 2 heterocycles. The number of nitrogens with zero attached hydrogens (tertiary/aromatic N) is 5. The molecule has 2 aromatic heterocycles. The van der Waals surface area contributed by atoms with Crippen molar-refractivity contribution >= 4 is 23.4 Å². The molecule has 0 atom stereocenters.